The zero-order valence-electron chi connectivity index (χ0n) is 16.4. The summed E-state index contributed by atoms with van der Waals surface area (Å²) in [6.07, 6.45) is 0. The van der Waals surface area contributed by atoms with Gasteiger partial charge >= 0.3 is 0 Å². The summed E-state index contributed by atoms with van der Waals surface area (Å²) in [5.74, 6) is 2.13. The first-order valence-electron chi connectivity index (χ1n) is 9.58. The van der Waals surface area contributed by atoms with Crippen LogP contribution in [0.25, 0.3) is 10.2 Å². The Bertz CT molecular complexity index is 1230. The van der Waals surface area contributed by atoms with E-state index in [1.165, 1.54) is 0 Å². The largest absolute Gasteiger partial charge is 0.496 e. The molecule has 0 bridgehead atoms. The summed E-state index contributed by atoms with van der Waals surface area (Å²) >= 11 is 1.63. The molecule has 1 amide bonds. The zero-order chi connectivity index (χ0) is 20.5. The molecule has 0 aliphatic carbocycles. The quantitative estimate of drug-likeness (QED) is 0.502. The number of amides is 1. The molecule has 1 N–H and O–H groups in total. The molecule has 3 heterocycles. The van der Waals surface area contributed by atoms with Gasteiger partial charge in [0.2, 0.25) is 6.79 Å². The fourth-order valence-corrected chi connectivity index (χ4v) is 4.49. The Kier molecular flexibility index (Phi) is 4.80. The molecular weight excluding hydrogens is 400 g/mol. The van der Waals surface area contributed by atoms with Crippen molar-refractivity contribution in [3.63, 3.8) is 0 Å². The number of hydrogen-bond acceptors (Lipinski definition) is 5. The first-order valence-corrected chi connectivity index (χ1v) is 10.5. The van der Waals surface area contributed by atoms with E-state index in [4.69, 9.17) is 14.2 Å². The lowest BCUT2D eigenvalue weighted by Gasteiger charge is -2.13. The van der Waals surface area contributed by atoms with Crippen LogP contribution in [0.4, 0.5) is 0 Å². The minimum absolute atomic E-state index is 0.119. The zero-order valence-corrected chi connectivity index (χ0v) is 17.2. The molecule has 6 nitrogen and oxygen atoms in total. The van der Waals surface area contributed by atoms with Crippen molar-refractivity contribution in [2.45, 2.75) is 13.1 Å². The molecule has 0 spiro atoms. The van der Waals surface area contributed by atoms with Crippen molar-refractivity contribution in [2.75, 3.05) is 13.9 Å². The third-order valence-electron chi connectivity index (χ3n) is 5.17. The summed E-state index contributed by atoms with van der Waals surface area (Å²) in [6, 6.07) is 17.6. The first-order chi connectivity index (χ1) is 14.7. The van der Waals surface area contributed by atoms with Crippen molar-refractivity contribution in [2.24, 2.45) is 0 Å². The standard InChI is InChI=1S/C23H20N2O4S/c1-27-19-5-3-2-4-16(19)13-25-17-8-9-30-22(17)11-18(25)23(26)24-12-15-6-7-20-21(10-15)29-14-28-20/h2-11H,12-14H2,1H3,(H,24,26). The number of methoxy groups -OCH3 is 1. The van der Waals surface area contributed by atoms with Crippen LogP contribution in [0.1, 0.15) is 21.6 Å². The third kappa shape index (κ3) is 3.37. The molecule has 5 rings (SSSR count). The summed E-state index contributed by atoms with van der Waals surface area (Å²) in [5, 5.41) is 5.07. The molecule has 1 aliphatic rings. The number of fused-ring (bicyclic) bond motifs is 2. The molecule has 2 aromatic carbocycles. The van der Waals surface area contributed by atoms with E-state index < -0.39 is 0 Å². The lowest BCUT2D eigenvalue weighted by atomic mass is 10.2. The van der Waals surface area contributed by atoms with Gasteiger partial charge in [0.15, 0.2) is 11.5 Å². The van der Waals surface area contributed by atoms with Gasteiger partial charge in [0, 0.05) is 12.1 Å². The fraction of sp³-hybridized carbons (Fsp3) is 0.174. The molecule has 1 aliphatic heterocycles. The monoisotopic (exact) mass is 420 g/mol. The highest BCUT2D eigenvalue weighted by Crippen LogP contribution is 2.32. The van der Waals surface area contributed by atoms with E-state index in [1.54, 1.807) is 18.4 Å². The van der Waals surface area contributed by atoms with Crippen LogP contribution in [-0.2, 0) is 13.1 Å². The minimum atomic E-state index is -0.119. The number of rotatable bonds is 6. The van der Waals surface area contributed by atoms with Crippen molar-refractivity contribution in [1.82, 2.24) is 9.88 Å². The number of carbonyl (C=O) groups excluding carboxylic acids is 1. The van der Waals surface area contributed by atoms with Gasteiger partial charge in [0.1, 0.15) is 11.4 Å². The maximum atomic E-state index is 13.1. The van der Waals surface area contributed by atoms with Gasteiger partial charge in [-0.15, -0.1) is 11.3 Å². The van der Waals surface area contributed by atoms with Crippen LogP contribution in [0.15, 0.2) is 60.0 Å². The summed E-state index contributed by atoms with van der Waals surface area (Å²) in [7, 11) is 1.66. The normalized spacial score (nSPS) is 12.3. The SMILES string of the molecule is COc1ccccc1Cn1c(C(=O)NCc2ccc3c(c2)OCO3)cc2sccc21. The molecule has 0 fully saturated rings. The van der Waals surface area contributed by atoms with Gasteiger partial charge in [0.25, 0.3) is 5.91 Å². The van der Waals surface area contributed by atoms with E-state index in [2.05, 4.69) is 5.32 Å². The number of benzene rings is 2. The van der Waals surface area contributed by atoms with Crippen LogP contribution in [0.3, 0.4) is 0 Å². The van der Waals surface area contributed by atoms with Crippen molar-refractivity contribution < 1.29 is 19.0 Å². The predicted molar refractivity (Wildman–Crippen MR) is 116 cm³/mol. The van der Waals surface area contributed by atoms with Crippen LogP contribution < -0.4 is 19.5 Å². The Labute approximate surface area is 177 Å². The van der Waals surface area contributed by atoms with Gasteiger partial charge in [-0.2, -0.15) is 0 Å². The summed E-state index contributed by atoms with van der Waals surface area (Å²) in [6.45, 7) is 1.19. The maximum absolute atomic E-state index is 13.1. The van der Waals surface area contributed by atoms with E-state index in [1.807, 2.05) is 64.5 Å². The van der Waals surface area contributed by atoms with Gasteiger partial charge < -0.3 is 24.1 Å². The van der Waals surface area contributed by atoms with E-state index in [9.17, 15) is 4.79 Å². The fourth-order valence-electron chi connectivity index (χ4n) is 3.66. The van der Waals surface area contributed by atoms with Crippen LogP contribution in [-0.4, -0.2) is 24.4 Å². The molecule has 7 heteroatoms. The number of nitrogens with zero attached hydrogens (tertiary/aromatic N) is 1. The van der Waals surface area contributed by atoms with Crippen molar-refractivity contribution in [3.8, 4) is 17.2 Å². The van der Waals surface area contributed by atoms with E-state index >= 15 is 0 Å². The smallest absolute Gasteiger partial charge is 0.268 e. The topological polar surface area (TPSA) is 61.7 Å². The van der Waals surface area contributed by atoms with Gasteiger partial charge in [-0.25, -0.2) is 0 Å². The van der Waals surface area contributed by atoms with E-state index in [0.29, 0.717) is 24.5 Å². The van der Waals surface area contributed by atoms with E-state index in [0.717, 1.165) is 32.8 Å². The Morgan fingerprint density at radius 2 is 2.00 bits per heavy atom. The van der Waals surface area contributed by atoms with E-state index in [-0.39, 0.29) is 12.7 Å². The van der Waals surface area contributed by atoms with Gasteiger partial charge in [-0.3, -0.25) is 4.79 Å². The summed E-state index contributed by atoms with van der Waals surface area (Å²) in [5.41, 5.74) is 3.65. The molecular formula is C23H20N2O4S. The highest BCUT2D eigenvalue weighted by Gasteiger charge is 2.18. The number of para-hydroxylation sites is 1. The molecule has 2 aromatic heterocycles. The van der Waals surface area contributed by atoms with Crippen molar-refractivity contribution in [1.29, 1.82) is 0 Å². The molecule has 0 saturated carbocycles. The highest BCUT2D eigenvalue weighted by atomic mass is 32.1. The maximum Gasteiger partial charge on any atom is 0.268 e. The van der Waals surface area contributed by atoms with Gasteiger partial charge in [-0.1, -0.05) is 24.3 Å². The second kappa shape index (κ2) is 7.76. The number of ether oxygens (including phenoxy) is 3. The molecule has 4 aromatic rings. The average molecular weight is 420 g/mol. The Morgan fingerprint density at radius 1 is 1.13 bits per heavy atom. The van der Waals surface area contributed by atoms with Gasteiger partial charge in [-0.05, 0) is 41.3 Å². The Balaban J connectivity index is 1.40. The summed E-state index contributed by atoms with van der Waals surface area (Å²) < 4.78 is 19.4. The summed E-state index contributed by atoms with van der Waals surface area (Å²) in [4.78, 5) is 13.1. The highest BCUT2D eigenvalue weighted by molar-refractivity contribution is 7.17. The van der Waals surface area contributed by atoms with Crippen LogP contribution in [0.2, 0.25) is 0 Å². The van der Waals surface area contributed by atoms with Crippen LogP contribution >= 0.6 is 11.3 Å². The average Bonchev–Trinajstić information content (AvgIpc) is 3.49. The molecule has 0 radical (unpaired) electrons. The molecule has 152 valence electrons. The Hall–Kier alpha value is -3.45. The van der Waals surface area contributed by atoms with Crippen molar-refractivity contribution in [3.05, 3.63) is 76.8 Å². The molecule has 30 heavy (non-hydrogen) atoms. The number of carbonyl (C=O) groups is 1. The Morgan fingerprint density at radius 3 is 2.90 bits per heavy atom. The lowest BCUT2D eigenvalue weighted by Crippen LogP contribution is -2.25. The number of hydrogen-bond donors (Lipinski definition) is 1. The number of aromatic nitrogens is 1. The second-order valence-electron chi connectivity index (χ2n) is 6.97. The minimum Gasteiger partial charge on any atom is -0.496 e. The molecule has 0 saturated heterocycles. The lowest BCUT2D eigenvalue weighted by molar-refractivity contribution is 0.0942. The van der Waals surface area contributed by atoms with Crippen molar-refractivity contribution >= 4 is 27.5 Å². The van der Waals surface area contributed by atoms with Crippen LogP contribution in [0, 0.1) is 0 Å². The predicted octanol–water partition coefficient (Wildman–Crippen LogP) is 4.42. The molecule has 0 unspecified atom stereocenters. The molecule has 0 atom stereocenters. The van der Waals surface area contributed by atoms with Gasteiger partial charge in [0.05, 0.1) is 23.9 Å². The number of nitrogens with one attached hydrogen (secondary N) is 1. The van der Waals surface area contributed by atoms with Crippen LogP contribution in [0.5, 0.6) is 17.2 Å². The second-order valence-corrected chi connectivity index (χ2v) is 7.92. The first kappa shape index (κ1) is 18.6. The number of thiophene rings is 1. The third-order valence-corrected chi connectivity index (χ3v) is 6.02.